The number of aromatic carboxylic acids is 1. The first-order chi connectivity index (χ1) is 7.24. The predicted molar refractivity (Wildman–Crippen MR) is 50.2 cm³/mol. The lowest BCUT2D eigenvalue weighted by Crippen LogP contribution is -2.00. The zero-order chi connectivity index (χ0) is 10.8. The third-order valence-electron chi connectivity index (χ3n) is 2.13. The predicted octanol–water partition coefficient (Wildman–Crippen LogP) is 1.26. The van der Waals surface area contributed by atoms with Gasteiger partial charge >= 0.3 is 5.97 Å². The molecule has 1 aromatic carbocycles. The molecule has 5 heteroatoms. The van der Waals surface area contributed by atoms with Gasteiger partial charge in [0.05, 0.1) is 6.61 Å². The van der Waals surface area contributed by atoms with Gasteiger partial charge in [-0.3, -0.25) is 0 Å². The van der Waals surface area contributed by atoms with Crippen LogP contribution in [0, 0.1) is 0 Å². The highest BCUT2D eigenvalue weighted by molar-refractivity contribution is 5.92. The number of fused-ring (bicyclic) bond motifs is 1. The molecule has 1 aliphatic heterocycles. The summed E-state index contributed by atoms with van der Waals surface area (Å²) >= 11 is 0. The second-order valence-corrected chi connectivity index (χ2v) is 3.08. The smallest absolute Gasteiger partial charge is 0.339 e. The minimum absolute atomic E-state index is 0.0519. The average Bonchev–Trinajstić information content (AvgIpc) is 2.66. The molecule has 1 aromatic rings. The van der Waals surface area contributed by atoms with Gasteiger partial charge in [-0.1, -0.05) is 6.07 Å². The van der Waals surface area contributed by atoms with Crippen LogP contribution < -0.4 is 9.47 Å². The fraction of sp³-hybridized carbons (Fsp3) is 0.300. The summed E-state index contributed by atoms with van der Waals surface area (Å²) in [6.45, 7) is 0.419. The summed E-state index contributed by atoms with van der Waals surface area (Å²) in [5.74, 6) is -0.269. The van der Waals surface area contributed by atoms with Crippen LogP contribution in [0.2, 0.25) is 0 Å². The van der Waals surface area contributed by atoms with Crippen LogP contribution in [-0.2, 0) is 11.3 Å². The molecule has 80 valence electrons. The van der Waals surface area contributed by atoms with Crippen molar-refractivity contribution in [3.63, 3.8) is 0 Å². The lowest BCUT2D eigenvalue weighted by Gasteiger charge is -2.06. The summed E-state index contributed by atoms with van der Waals surface area (Å²) in [5, 5.41) is 8.90. The molecule has 1 heterocycles. The molecule has 0 fully saturated rings. The number of carboxylic acid groups (broad SMARTS) is 1. The van der Waals surface area contributed by atoms with Crippen molar-refractivity contribution in [2.45, 2.75) is 6.61 Å². The molecule has 15 heavy (non-hydrogen) atoms. The van der Waals surface area contributed by atoms with Crippen LogP contribution in [0.1, 0.15) is 15.9 Å². The van der Waals surface area contributed by atoms with Crippen LogP contribution in [0.25, 0.3) is 0 Å². The molecule has 0 saturated carbocycles. The molecule has 0 aromatic heterocycles. The SMILES string of the molecule is COCc1ccc(C(=O)O)c2c1OCO2. The summed E-state index contributed by atoms with van der Waals surface area (Å²) in [4.78, 5) is 10.9. The van der Waals surface area contributed by atoms with E-state index in [1.54, 1.807) is 13.2 Å². The van der Waals surface area contributed by atoms with Gasteiger partial charge in [-0.15, -0.1) is 0 Å². The molecule has 5 nitrogen and oxygen atoms in total. The largest absolute Gasteiger partial charge is 0.478 e. The maximum Gasteiger partial charge on any atom is 0.339 e. The maximum atomic E-state index is 10.9. The van der Waals surface area contributed by atoms with Crippen LogP contribution in [-0.4, -0.2) is 25.0 Å². The quantitative estimate of drug-likeness (QED) is 0.813. The van der Waals surface area contributed by atoms with E-state index in [-0.39, 0.29) is 18.1 Å². The van der Waals surface area contributed by atoms with Crippen molar-refractivity contribution >= 4 is 5.97 Å². The van der Waals surface area contributed by atoms with Crippen LogP contribution in [0.3, 0.4) is 0 Å². The number of carboxylic acids is 1. The van der Waals surface area contributed by atoms with Gasteiger partial charge < -0.3 is 19.3 Å². The molecule has 1 aliphatic rings. The Morgan fingerprint density at radius 1 is 1.47 bits per heavy atom. The lowest BCUT2D eigenvalue weighted by molar-refractivity contribution is 0.0692. The third kappa shape index (κ3) is 1.61. The van der Waals surface area contributed by atoms with Crippen LogP contribution >= 0.6 is 0 Å². The van der Waals surface area contributed by atoms with Crippen molar-refractivity contribution in [1.29, 1.82) is 0 Å². The van der Waals surface area contributed by atoms with E-state index in [1.807, 2.05) is 0 Å². The molecule has 0 unspecified atom stereocenters. The highest BCUT2D eigenvalue weighted by atomic mass is 16.7. The van der Waals surface area contributed by atoms with Crippen molar-refractivity contribution in [2.24, 2.45) is 0 Å². The van der Waals surface area contributed by atoms with Crippen molar-refractivity contribution in [2.75, 3.05) is 13.9 Å². The van der Waals surface area contributed by atoms with E-state index in [2.05, 4.69) is 0 Å². The van der Waals surface area contributed by atoms with Gasteiger partial charge in [0.15, 0.2) is 11.5 Å². The van der Waals surface area contributed by atoms with Crippen LogP contribution in [0.5, 0.6) is 11.5 Å². The van der Waals surface area contributed by atoms with Gasteiger partial charge in [0.25, 0.3) is 0 Å². The van der Waals surface area contributed by atoms with Crippen LogP contribution in [0.4, 0.5) is 0 Å². The van der Waals surface area contributed by atoms with Gasteiger partial charge in [0.1, 0.15) is 5.56 Å². The van der Waals surface area contributed by atoms with Crippen molar-refractivity contribution in [3.05, 3.63) is 23.3 Å². The van der Waals surface area contributed by atoms with E-state index >= 15 is 0 Å². The normalized spacial score (nSPS) is 12.9. The number of hydrogen-bond acceptors (Lipinski definition) is 4. The summed E-state index contributed by atoms with van der Waals surface area (Å²) in [6.07, 6.45) is 0. The highest BCUT2D eigenvalue weighted by Gasteiger charge is 2.24. The first kappa shape index (κ1) is 9.79. The number of carbonyl (C=O) groups is 1. The summed E-state index contributed by atoms with van der Waals surface area (Å²) in [7, 11) is 1.56. The first-order valence-electron chi connectivity index (χ1n) is 4.37. The van der Waals surface area contributed by atoms with Gasteiger partial charge in [0, 0.05) is 12.7 Å². The van der Waals surface area contributed by atoms with E-state index in [0.29, 0.717) is 12.4 Å². The maximum absolute atomic E-state index is 10.9. The molecular formula is C10H10O5. The van der Waals surface area contributed by atoms with E-state index < -0.39 is 5.97 Å². The molecule has 0 spiro atoms. The summed E-state index contributed by atoms with van der Waals surface area (Å²) in [5.41, 5.74) is 0.900. The Morgan fingerprint density at radius 3 is 2.87 bits per heavy atom. The number of benzene rings is 1. The van der Waals surface area contributed by atoms with E-state index in [9.17, 15) is 4.79 Å². The van der Waals surface area contributed by atoms with Gasteiger partial charge in [-0.2, -0.15) is 0 Å². The Morgan fingerprint density at radius 2 is 2.20 bits per heavy atom. The second kappa shape index (κ2) is 3.78. The van der Waals surface area contributed by atoms with Crippen LogP contribution in [0.15, 0.2) is 12.1 Å². The second-order valence-electron chi connectivity index (χ2n) is 3.08. The number of rotatable bonds is 3. The molecular weight excluding hydrogens is 200 g/mol. The van der Waals surface area contributed by atoms with E-state index in [1.165, 1.54) is 6.07 Å². The zero-order valence-electron chi connectivity index (χ0n) is 8.15. The van der Waals surface area contributed by atoms with Crippen molar-refractivity contribution < 1.29 is 24.1 Å². The Labute approximate surface area is 86.2 Å². The summed E-state index contributed by atoms with van der Waals surface area (Å²) in [6, 6.07) is 3.16. The molecule has 0 atom stereocenters. The number of ether oxygens (including phenoxy) is 3. The van der Waals surface area contributed by atoms with Gasteiger partial charge in [0.2, 0.25) is 6.79 Å². The molecule has 0 saturated heterocycles. The zero-order valence-corrected chi connectivity index (χ0v) is 8.15. The Kier molecular flexibility index (Phi) is 2.47. The Balaban J connectivity index is 2.48. The molecule has 0 aliphatic carbocycles. The third-order valence-corrected chi connectivity index (χ3v) is 2.13. The number of hydrogen-bond donors (Lipinski definition) is 1. The Bertz CT molecular complexity index is 399. The minimum atomic E-state index is -1.03. The minimum Gasteiger partial charge on any atom is -0.478 e. The molecule has 2 rings (SSSR count). The van der Waals surface area contributed by atoms with Gasteiger partial charge in [-0.05, 0) is 6.07 Å². The molecule has 0 bridgehead atoms. The van der Waals surface area contributed by atoms with Gasteiger partial charge in [-0.25, -0.2) is 4.79 Å². The standard InChI is InChI=1S/C10H10O5/c1-13-4-6-2-3-7(10(11)12)9-8(6)14-5-15-9/h2-3H,4-5H2,1H3,(H,11,12). The fourth-order valence-corrected chi connectivity index (χ4v) is 1.49. The highest BCUT2D eigenvalue weighted by Crippen LogP contribution is 2.39. The van der Waals surface area contributed by atoms with E-state index in [0.717, 1.165) is 5.56 Å². The fourth-order valence-electron chi connectivity index (χ4n) is 1.49. The van der Waals surface area contributed by atoms with Crippen molar-refractivity contribution in [3.8, 4) is 11.5 Å². The number of methoxy groups -OCH3 is 1. The monoisotopic (exact) mass is 210 g/mol. The van der Waals surface area contributed by atoms with Crippen molar-refractivity contribution in [1.82, 2.24) is 0 Å². The average molecular weight is 210 g/mol. The molecule has 0 amide bonds. The molecule has 0 radical (unpaired) electrons. The van der Waals surface area contributed by atoms with E-state index in [4.69, 9.17) is 19.3 Å². The molecule has 1 N–H and O–H groups in total. The Hall–Kier alpha value is -1.75. The lowest BCUT2D eigenvalue weighted by atomic mass is 10.1. The first-order valence-corrected chi connectivity index (χ1v) is 4.37. The summed E-state index contributed by atoms with van der Waals surface area (Å²) < 4.78 is 15.3. The topological polar surface area (TPSA) is 65.0 Å².